The summed E-state index contributed by atoms with van der Waals surface area (Å²) in [5.74, 6) is 2.07. The van der Waals surface area contributed by atoms with E-state index in [9.17, 15) is 13.2 Å². The zero-order valence-corrected chi connectivity index (χ0v) is 19.4. The molecule has 170 valence electrons. The van der Waals surface area contributed by atoms with Crippen LogP contribution in [0.25, 0.3) is 0 Å². The van der Waals surface area contributed by atoms with E-state index in [1.54, 1.807) is 13.1 Å². The molecule has 0 radical (unpaired) electrons. The number of halogens is 4. The number of hydrogen-bond donors (Lipinski definition) is 2. The van der Waals surface area contributed by atoms with Crippen molar-refractivity contribution in [1.29, 1.82) is 0 Å². The van der Waals surface area contributed by atoms with Gasteiger partial charge >= 0.3 is 6.18 Å². The van der Waals surface area contributed by atoms with Crippen molar-refractivity contribution in [2.75, 3.05) is 20.3 Å². The maximum absolute atomic E-state index is 12.2. The number of nitrogens with zero attached hydrogens (tertiary/aromatic N) is 2. The average Bonchev–Trinajstić information content (AvgIpc) is 3.56. The quantitative estimate of drug-likeness (QED) is 0.277. The average molecular weight is 550 g/mol. The van der Waals surface area contributed by atoms with E-state index >= 15 is 0 Å². The lowest BCUT2D eigenvalue weighted by molar-refractivity contribution is -0.154. The highest BCUT2D eigenvalue weighted by Crippen LogP contribution is 2.30. The molecule has 0 atom stereocenters. The van der Waals surface area contributed by atoms with Gasteiger partial charge in [-0.1, -0.05) is 24.3 Å². The first-order chi connectivity index (χ1) is 14.4. The van der Waals surface area contributed by atoms with Gasteiger partial charge in [0.25, 0.3) is 0 Å². The number of rotatable bonds is 9. The summed E-state index contributed by atoms with van der Waals surface area (Å²) in [6.45, 7) is 0.342. The van der Waals surface area contributed by atoms with Gasteiger partial charge in [0, 0.05) is 38.0 Å². The number of guanidine groups is 1. The molecule has 2 aromatic rings. The molecule has 0 spiro atoms. The predicted octanol–water partition coefficient (Wildman–Crippen LogP) is 4.29. The molecular weight excluding hydrogens is 524 g/mol. The summed E-state index contributed by atoms with van der Waals surface area (Å²) in [5, 5.41) is 6.39. The Morgan fingerprint density at radius 3 is 2.48 bits per heavy atom. The highest BCUT2D eigenvalue weighted by Gasteiger charge is 2.28. The Labute approximate surface area is 196 Å². The molecule has 1 saturated carbocycles. The lowest BCUT2D eigenvalue weighted by Crippen LogP contribution is -2.36. The normalized spacial score (nSPS) is 13.9. The van der Waals surface area contributed by atoms with Crippen molar-refractivity contribution in [1.82, 2.24) is 15.6 Å². The van der Waals surface area contributed by atoms with E-state index in [1.165, 1.54) is 25.1 Å². The number of aliphatic imine (C=N–C) groups is 1. The molecule has 1 aromatic heterocycles. The molecule has 3 rings (SSSR count). The molecule has 0 unspecified atom stereocenters. The van der Waals surface area contributed by atoms with Gasteiger partial charge in [0.1, 0.15) is 5.75 Å². The van der Waals surface area contributed by atoms with Crippen LogP contribution in [0.2, 0.25) is 0 Å². The fourth-order valence-electron chi connectivity index (χ4n) is 2.62. The number of hydrogen-bond acceptors (Lipinski definition) is 4. The third-order valence-corrected chi connectivity index (χ3v) is 4.46. The number of benzene rings is 1. The number of pyridine rings is 1. The van der Waals surface area contributed by atoms with Crippen LogP contribution >= 0.6 is 24.0 Å². The molecule has 0 amide bonds. The largest absolute Gasteiger partial charge is 0.493 e. The smallest absolute Gasteiger partial charge is 0.422 e. The summed E-state index contributed by atoms with van der Waals surface area (Å²) in [6.07, 6.45) is -0.447. The van der Waals surface area contributed by atoms with Crippen LogP contribution in [0, 0.1) is 5.92 Å². The molecule has 1 aliphatic rings. The van der Waals surface area contributed by atoms with E-state index in [0.717, 1.165) is 23.5 Å². The Kier molecular flexibility index (Phi) is 9.66. The molecule has 0 aliphatic heterocycles. The molecule has 1 heterocycles. The van der Waals surface area contributed by atoms with Crippen LogP contribution in [0.4, 0.5) is 13.2 Å². The predicted molar refractivity (Wildman–Crippen MR) is 123 cm³/mol. The molecule has 2 N–H and O–H groups in total. The molecule has 31 heavy (non-hydrogen) atoms. The molecule has 10 heteroatoms. The van der Waals surface area contributed by atoms with Crippen molar-refractivity contribution in [2.45, 2.75) is 32.1 Å². The standard InChI is InChI=1S/C21H25F3N4O2.HI/c1-25-20(27-11-16-8-9-19(26-10-16)30-14-21(22,23)24)28-12-17-4-2-3-5-18(17)29-13-15-6-7-15;/h2-5,8-10,15H,6-7,11-14H2,1H3,(H2,25,27,28);1H. The van der Waals surface area contributed by atoms with Gasteiger partial charge in [-0.2, -0.15) is 13.2 Å². The minimum atomic E-state index is -4.39. The highest BCUT2D eigenvalue weighted by atomic mass is 127. The number of ether oxygens (including phenoxy) is 2. The van der Waals surface area contributed by atoms with E-state index in [2.05, 4.69) is 25.3 Å². The Morgan fingerprint density at radius 2 is 1.84 bits per heavy atom. The molecule has 0 saturated heterocycles. The van der Waals surface area contributed by atoms with Crippen LogP contribution in [0.15, 0.2) is 47.6 Å². The first-order valence-electron chi connectivity index (χ1n) is 9.72. The summed E-state index contributed by atoms with van der Waals surface area (Å²) < 4.78 is 47.1. The van der Waals surface area contributed by atoms with Gasteiger partial charge in [-0.15, -0.1) is 24.0 Å². The molecule has 0 bridgehead atoms. The Hall–Kier alpha value is -2.24. The molecular formula is C21H26F3IN4O2. The van der Waals surface area contributed by atoms with Crippen LogP contribution in [0.5, 0.6) is 11.6 Å². The molecule has 6 nitrogen and oxygen atoms in total. The van der Waals surface area contributed by atoms with Gasteiger partial charge in [-0.05, 0) is 30.4 Å². The second kappa shape index (κ2) is 12.0. The number of alkyl halides is 3. The van der Waals surface area contributed by atoms with E-state index < -0.39 is 12.8 Å². The van der Waals surface area contributed by atoms with Crippen LogP contribution in [-0.4, -0.2) is 37.4 Å². The van der Waals surface area contributed by atoms with E-state index in [1.807, 2.05) is 24.3 Å². The van der Waals surface area contributed by atoms with Gasteiger partial charge < -0.3 is 20.1 Å². The van der Waals surface area contributed by atoms with Gasteiger partial charge in [0.2, 0.25) is 5.88 Å². The van der Waals surface area contributed by atoms with Gasteiger partial charge in [-0.3, -0.25) is 4.99 Å². The third-order valence-electron chi connectivity index (χ3n) is 4.46. The van der Waals surface area contributed by atoms with Crippen molar-refractivity contribution >= 4 is 29.9 Å². The SMILES string of the molecule is CN=C(NCc1ccc(OCC(F)(F)F)nc1)NCc1ccccc1OCC1CC1.I. The van der Waals surface area contributed by atoms with Gasteiger partial charge in [0.05, 0.1) is 6.61 Å². The van der Waals surface area contributed by atoms with Crippen molar-refractivity contribution in [3.63, 3.8) is 0 Å². The minimum Gasteiger partial charge on any atom is -0.493 e. The monoisotopic (exact) mass is 550 g/mol. The zero-order chi connectivity index (χ0) is 21.4. The van der Waals surface area contributed by atoms with Crippen LogP contribution in [0.1, 0.15) is 24.0 Å². The van der Waals surface area contributed by atoms with E-state index in [-0.39, 0.29) is 29.9 Å². The Bertz CT molecular complexity index is 843. The summed E-state index contributed by atoms with van der Waals surface area (Å²) in [5.41, 5.74) is 1.82. The molecule has 1 fully saturated rings. The van der Waals surface area contributed by atoms with Crippen LogP contribution < -0.4 is 20.1 Å². The maximum Gasteiger partial charge on any atom is 0.422 e. The zero-order valence-electron chi connectivity index (χ0n) is 17.1. The fraction of sp³-hybridized carbons (Fsp3) is 0.429. The summed E-state index contributed by atoms with van der Waals surface area (Å²) in [6, 6.07) is 10.9. The first kappa shape index (κ1) is 25.0. The summed E-state index contributed by atoms with van der Waals surface area (Å²) in [7, 11) is 1.66. The van der Waals surface area contributed by atoms with Gasteiger partial charge in [0.15, 0.2) is 12.6 Å². The van der Waals surface area contributed by atoms with Crippen molar-refractivity contribution in [2.24, 2.45) is 10.9 Å². The summed E-state index contributed by atoms with van der Waals surface area (Å²) in [4.78, 5) is 8.08. The maximum atomic E-state index is 12.2. The lowest BCUT2D eigenvalue weighted by Gasteiger charge is -2.15. The third kappa shape index (κ3) is 9.19. The second-order valence-corrected chi connectivity index (χ2v) is 7.05. The number of para-hydroxylation sites is 1. The summed E-state index contributed by atoms with van der Waals surface area (Å²) >= 11 is 0. The first-order valence-corrected chi connectivity index (χ1v) is 9.72. The number of aromatic nitrogens is 1. The van der Waals surface area contributed by atoms with Crippen molar-refractivity contribution in [3.8, 4) is 11.6 Å². The van der Waals surface area contributed by atoms with Crippen LogP contribution in [-0.2, 0) is 13.1 Å². The van der Waals surface area contributed by atoms with E-state index in [0.29, 0.717) is 25.0 Å². The van der Waals surface area contributed by atoms with Gasteiger partial charge in [-0.25, -0.2) is 4.98 Å². The Morgan fingerprint density at radius 1 is 1.10 bits per heavy atom. The number of nitrogens with one attached hydrogen (secondary N) is 2. The lowest BCUT2D eigenvalue weighted by atomic mass is 10.2. The second-order valence-electron chi connectivity index (χ2n) is 7.05. The highest BCUT2D eigenvalue weighted by molar-refractivity contribution is 14.0. The topological polar surface area (TPSA) is 67.8 Å². The van der Waals surface area contributed by atoms with Crippen molar-refractivity contribution in [3.05, 3.63) is 53.7 Å². The Balaban J connectivity index is 0.00000341. The van der Waals surface area contributed by atoms with Crippen LogP contribution in [0.3, 0.4) is 0 Å². The van der Waals surface area contributed by atoms with E-state index in [4.69, 9.17) is 4.74 Å². The molecule has 1 aliphatic carbocycles. The molecule has 1 aromatic carbocycles. The van der Waals surface area contributed by atoms with Crippen molar-refractivity contribution < 1.29 is 22.6 Å². The minimum absolute atomic E-state index is 0. The fourth-order valence-corrected chi connectivity index (χ4v) is 2.62.